The highest BCUT2D eigenvalue weighted by Gasteiger charge is 2.13. The van der Waals surface area contributed by atoms with Gasteiger partial charge in [-0.05, 0) is 39.0 Å². The molecule has 17 heavy (non-hydrogen) atoms. The molecule has 0 spiro atoms. The summed E-state index contributed by atoms with van der Waals surface area (Å²) in [6, 6.07) is 4.60. The lowest BCUT2D eigenvalue weighted by atomic mass is 10.1. The predicted octanol–water partition coefficient (Wildman–Crippen LogP) is 3.83. The Labute approximate surface area is 105 Å². The molecule has 0 aliphatic carbocycles. The van der Waals surface area contributed by atoms with Crippen LogP contribution in [0.2, 0.25) is 5.02 Å². The molecule has 1 N–H and O–H groups in total. The number of alkyl halides is 2. The van der Waals surface area contributed by atoms with Crippen LogP contribution in [0.1, 0.15) is 26.3 Å². The highest BCUT2D eigenvalue weighted by molar-refractivity contribution is 6.30. The van der Waals surface area contributed by atoms with E-state index in [0.29, 0.717) is 17.1 Å². The van der Waals surface area contributed by atoms with Gasteiger partial charge in [-0.2, -0.15) is 8.78 Å². The zero-order valence-corrected chi connectivity index (χ0v) is 10.8. The average molecular weight is 264 g/mol. The lowest BCUT2D eigenvalue weighted by Crippen LogP contribution is -2.35. The molecule has 0 unspecified atom stereocenters. The number of hydrogen-bond donors (Lipinski definition) is 1. The summed E-state index contributed by atoms with van der Waals surface area (Å²) in [6.45, 7) is 3.57. The zero-order chi connectivity index (χ0) is 13.1. The Balaban J connectivity index is 2.83. The second-order valence-corrected chi connectivity index (χ2v) is 5.17. The second kappa shape index (κ2) is 5.65. The van der Waals surface area contributed by atoms with E-state index in [-0.39, 0.29) is 11.3 Å². The van der Waals surface area contributed by atoms with Gasteiger partial charge in [-0.15, -0.1) is 0 Å². The molecule has 0 radical (unpaired) electrons. The maximum atomic E-state index is 12.2. The largest absolute Gasteiger partial charge is 0.434 e. The van der Waals surface area contributed by atoms with Crippen molar-refractivity contribution in [3.8, 4) is 5.75 Å². The van der Waals surface area contributed by atoms with Gasteiger partial charge >= 0.3 is 6.61 Å². The first kappa shape index (κ1) is 14.2. The summed E-state index contributed by atoms with van der Waals surface area (Å²) in [5, 5.41) is 3.69. The van der Waals surface area contributed by atoms with Crippen LogP contribution in [0, 0.1) is 0 Å². The van der Waals surface area contributed by atoms with E-state index in [9.17, 15) is 8.78 Å². The number of benzene rings is 1. The molecular formula is C12H16ClF2NO. The van der Waals surface area contributed by atoms with Gasteiger partial charge in [0.2, 0.25) is 0 Å². The first-order valence-electron chi connectivity index (χ1n) is 5.26. The van der Waals surface area contributed by atoms with Gasteiger partial charge in [-0.25, -0.2) is 0 Å². The Bertz CT molecular complexity index is 377. The highest BCUT2D eigenvalue weighted by Crippen LogP contribution is 2.24. The van der Waals surface area contributed by atoms with E-state index in [1.807, 2.05) is 20.8 Å². The molecule has 1 aromatic carbocycles. The van der Waals surface area contributed by atoms with Gasteiger partial charge in [0.05, 0.1) is 0 Å². The third-order valence-corrected chi connectivity index (χ3v) is 2.28. The molecule has 1 aromatic rings. The molecule has 1 rings (SSSR count). The third kappa shape index (κ3) is 5.33. The van der Waals surface area contributed by atoms with Crippen LogP contribution in [-0.4, -0.2) is 12.2 Å². The number of halogens is 3. The van der Waals surface area contributed by atoms with Gasteiger partial charge < -0.3 is 10.1 Å². The summed E-state index contributed by atoms with van der Waals surface area (Å²) in [7, 11) is 0. The number of rotatable bonds is 4. The third-order valence-electron chi connectivity index (χ3n) is 2.05. The van der Waals surface area contributed by atoms with E-state index >= 15 is 0 Å². The van der Waals surface area contributed by atoms with Crippen LogP contribution in [0.25, 0.3) is 0 Å². The van der Waals surface area contributed by atoms with Crippen LogP contribution in [0.15, 0.2) is 18.2 Å². The molecule has 0 aliphatic heterocycles. The first-order valence-corrected chi connectivity index (χ1v) is 5.64. The summed E-state index contributed by atoms with van der Waals surface area (Å²) in [5.74, 6) is 0.154. The van der Waals surface area contributed by atoms with Crippen LogP contribution in [0.4, 0.5) is 8.78 Å². The predicted molar refractivity (Wildman–Crippen MR) is 64.7 cm³/mol. The van der Waals surface area contributed by atoms with Crippen molar-refractivity contribution in [1.82, 2.24) is 5.32 Å². The summed E-state index contributed by atoms with van der Waals surface area (Å²) in [6.07, 6.45) is 0. The van der Waals surface area contributed by atoms with E-state index in [1.165, 1.54) is 12.1 Å². The molecule has 5 heteroatoms. The van der Waals surface area contributed by atoms with Crippen LogP contribution < -0.4 is 10.1 Å². The molecule has 0 aliphatic rings. The molecule has 0 saturated carbocycles. The van der Waals surface area contributed by atoms with Gasteiger partial charge in [-0.1, -0.05) is 11.6 Å². The van der Waals surface area contributed by atoms with Crippen LogP contribution in [0.3, 0.4) is 0 Å². The quantitative estimate of drug-likeness (QED) is 0.891. The molecule has 0 heterocycles. The summed E-state index contributed by atoms with van der Waals surface area (Å²) in [5.41, 5.74) is 0.512. The normalized spacial score (nSPS) is 11.9. The van der Waals surface area contributed by atoms with Gasteiger partial charge in [0.25, 0.3) is 0 Å². The minimum atomic E-state index is -2.83. The molecule has 0 amide bonds. The summed E-state index contributed by atoms with van der Waals surface area (Å²) in [4.78, 5) is 0. The average Bonchev–Trinajstić information content (AvgIpc) is 2.16. The van der Waals surface area contributed by atoms with Crippen molar-refractivity contribution < 1.29 is 13.5 Å². The van der Waals surface area contributed by atoms with E-state index in [4.69, 9.17) is 11.6 Å². The topological polar surface area (TPSA) is 21.3 Å². The maximum absolute atomic E-state index is 12.2. The Kier molecular flexibility index (Phi) is 4.71. The molecule has 0 atom stereocenters. The fourth-order valence-electron chi connectivity index (χ4n) is 1.26. The SMILES string of the molecule is CC(C)(C)NCc1cc(Cl)ccc1OC(F)F. The Morgan fingerprint density at radius 2 is 2.00 bits per heavy atom. The molecule has 0 bridgehead atoms. The van der Waals surface area contributed by atoms with Crippen LogP contribution >= 0.6 is 11.6 Å². The minimum absolute atomic E-state index is 0.107. The number of nitrogens with one attached hydrogen (secondary N) is 1. The molecule has 2 nitrogen and oxygen atoms in total. The molecule has 0 saturated heterocycles. The second-order valence-electron chi connectivity index (χ2n) is 4.73. The molecule has 96 valence electrons. The van der Waals surface area contributed by atoms with Crippen molar-refractivity contribution in [2.45, 2.75) is 39.5 Å². The fourth-order valence-corrected chi connectivity index (χ4v) is 1.45. The van der Waals surface area contributed by atoms with Crippen molar-refractivity contribution in [1.29, 1.82) is 0 Å². The zero-order valence-electron chi connectivity index (χ0n) is 10.1. The molecule has 0 aromatic heterocycles. The Morgan fingerprint density at radius 3 is 2.53 bits per heavy atom. The van der Waals surface area contributed by atoms with Gasteiger partial charge in [0.15, 0.2) is 0 Å². The van der Waals surface area contributed by atoms with Crippen molar-refractivity contribution >= 4 is 11.6 Å². The standard InChI is InChI=1S/C12H16ClF2NO/c1-12(2,3)16-7-8-6-9(13)4-5-10(8)17-11(14)15/h4-6,11,16H,7H2,1-3H3. The van der Waals surface area contributed by atoms with E-state index in [2.05, 4.69) is 10.1 Å². The van der Waals surface area contributed by atoms with Crippen LogP contribution in [0.5, 0.6) is 5.75 Å². The van der Waals surface area contributed by atoms with Crippen molar-refractivity contribution in [3.05, 3.63) is 28.8 Å². The van der Waals surface area contributed by atoms with Crippen LogP contribution in [-0.2, 0) is 6.54 Å². The van der Waals surface area contributed by atoms with E-state index < -0.39 is 6.61 Å². The van der Waals surface area contributed by atoms with Gasteiger partial charge in [-0.3, -0.25) is 0 Å². The first-order chi connectivity index (χ1) is 7.78. The number of hydrogen-bond acceptors (Lipinski definition) is 2. The Hall–Kier alpha value is -0.870. The fraction of sp³-hybridized carbons (Fsp3) is 0.500. The molecule has 0 fully saturated rings. The summed E-state index contributed by atoms with van der Waals surface area (Å²) < 4.78 is 28.8. The summed E-state index contributed by atoms with van der Waals surface area (Å²) >= 11 is 5.83. The van der Waals surface area contributed by atoms with Crippen molar-refractivity contribution in [3.63, 3.8) is 0 Å². The maximum Gasteiger partial charge on any atom is 0.387 e. The van der Waals surface area contributed by atoms with Crippen molar-refractivity contribution in [2.75, 3.05) is 0 Å². The lowest BCUT2D eigenvalue weighted by Gasteiger charge is -2.21. The van der Waals surface area contributed by atoms with E-state index in [1.54, 1.807) is 6.07 Å². The van der Waals surface area contributed by atoms with Gasteiger partial charge in [0.1, 0.15) is 5.75 Å². The van der Waals surface area contributed by atoms with Gasteiger partial charge in [0, 0.05) is 22.7 Å². The smallest absolute Gasteiger partial charge is 0.387 e. The molecular weight excluding hydrogens is 248 g/mol. The van der Waals surface area contributed by atoms with E-state index in [0.717, 1.165) is 0 Å². The highest BCUT2D eigenvalue weighted by atomic mass is 35.5. The van der Waals surface area contributed by atoms with Crippen molar-refractivity contribution in [2.24, 2.45) is 0 Å². The monoisotopic (exact) mass is 263 g/mol. The number of ether oxygens (including phenoxy) is 1. The Morgan fingerprint density at radius 1 is 1.35 bits per heavy atom. The lowest BCUT2D eigenvalue weighted by molar-refractivity contribution is -0.0505. The minimum Gasteiger partial charge on any atom is -0.434 e.